The zero-order valence-electron chi connectivity index (χ0n) is 47.1. The Morgan fingerprint density at radius 3 is 1.13 bits per heavy atom. The van der Waals surface area contributed by atoms with Gasteiger partial charge in [-0.05, 0) is 93.7 Å². The van der Waals surface area contributed by atoms with Crippen LogP contribution in [0.25, 0.3) is 123 Å². The van der Waals surface area contributed by atoms with Crippen molar-refractivity contribution < 1.29 is 52.3 Å². The van der Waals surface area contributed by atoms with Gasteiger partial charge in [-0.25, -0.2) is 9.97 Å². The van der Waals surface area contributed by atoms with Crippen molar-refractivity contribution in [2.45, 2.75) is 52.4 Å². The molecule has 3 heterocycles. The maximum absolute atomic E-state index is 11.4. The van der Waals surface area contributed by atoms with Crippen molar-refractivity contribution in [3.63, 3.8) is 0 Å². The Morgan fingerprint density at radius 2 is 0.726 bits per heavy atom. The fourth-order valence-electron chi connectivity index (χ4n) is 11.1. The van der Waals surface area contributed by atoms with E-state index in [0.29, 0.717) is 34.2 Å². The topological polar surface area (TPSA) is 102 Å². The van der Waals surface area contributed by atoms with Crippen molar-refractivity contribution >= 4 is 22.1 Å². The quantitative estimate of drug-likeness (QED) is 0.132. The third-order valence-corrected chi connectivity index (χ3v) is 15.4. The van der Waals surface area contributed by atoms with Gasteiger partial charge in [0.15, 0.2) is 0 Å². The summed E-state index contributed by atoms with van der Waals surface area (Å²) in [7, 11) is 0. The summed E-state index contributed by atoms with van der Waals surface area (Å²) in [6.07, 6.45) is 1.60. The zero-order chi connectivity index (χ0) is 56.3. The number of aromatic hydroxyl groups is 2. The van der Waals surface area contributed by atoms with Crippen molar-refractivity contribution in [2.24, 2.45) is 0 Å². The van der Waals surface area contributed by atoms with Gasteiger partial charge in [-0.2, -0.15) is 0 Å². The second-order valence-corrected chi connectivity index (χ2v) is 22.9. The molecule has 0 aliphatic carbocycles. The second-order valence-electron chi connectivity index (χ2n) is 22.9. The summed E-state index contributed by atoms with van der Waals surface area (Å²) in [6, 6.07) is 83.2. The number of aromatic nitrogens is 6. The van der Waals surface area contributed by atoms with E-state index >= 15 is 0 Å². The predicted octanol–water partition coefficient (Wildman–Crippen LogP) is 18.1. The van der Waals surface area contributed by atoms with E-state index in [4.69, 9.17) is 19.9 Å². The summed E-state index contributed by atoms with van der Waals surface area (Å²) in [5.74, 6) is 1.54. The Balaban J connectivity index is 0.00000368. The molecule has 0 saturated carbocycles. The molecular weight excluding hydrogens is 1400 g/mol. The van der Waals surface area contributed by atoms with E-state index in [0.717, 1.165) is 89.1 Å². The van der Waals surface area contributed by atoms with Crippen LogP contribution in [0, 0.1) is 12.1 Å². The van der Waals surface area contributed by atoms with Crippen LogP contribution in [0.15, 0.2) is 231 Å². The van der Waals surface area contributed by atoms with Crippen LogP contribution in [-0.4, -0.2) is 39.3 Å². The summed E-state index contributed by atoms with van der Waals surface area (Å²) in [6.45, 7) is 13.4. The Hall–Kier alpha value is -8.80. The molecule has 0 aliphatic rings. The normalized spacial score (nSPS) is 11.6. The van der Waals surface area contributed by atoms with E-state index in [1.165, 1.54) is 11.1 Å². The van der Waals surface area contributed by atoms with Crippen molar-refractivity contribution in [2.75, 3.05) is 0 Å². The summed E-state index contributed by atoms with van der Waals surface area (Å²) < 4.78 is 4.36. The molecule has 10 heteroatoms. The molecule has 2 N–H and O–H groups in total. The van der Waals surface area contributed by atoms with E-state index in [2.05, 4.69) is 196 Å². The number of phenols is 2. The van der Waals surface area contributed by atoms with Gasteiger partial charge < -0.3 is 10.2 Å². The number of nitrogens with zero attached hydrogens (tertiary/aromatic N) is 6. The van der Waals surface area contributed by atoms with Crippen LogP contribution >= 0.6 is 0 Å². The molecule has 10 aromatic carbocycles. The number of benzene rings is 10. The summed E-state index contributed by atoms with van der Waals surface area (Å²) in [5, 5.41) is 22.9. The number of fused-ring (bicyclic) bond motifs is 2. The molecule has 418 valence electrons. The monoisotopic (exact) mass is 1450 g/mol. The van der Waals surface area contributed by atoms with Crippen LogP contribution in [0.3, 0.4) is 0 Å². The first-order chi connectivity index (χ1) is 39.8. The Labute approximate surface area is 518 Å². The molecule has 0 fully saturated rings. The first-order valence-corrected chi connectivity index (χ1v) is 27.7. The smallest absolute Gasteiger partial charge is 0.148 e. The van der Waals surface area contributed by atoms with Gasteiger partial charge >= 0.3 is 0 Å². The predicted molar refractivity (Wildman–Crippen MR) is 333 cm³/mol. The maximum Gasteiger partial charge on any atom is 0.148 e. The van der Waals surface area contributed by atoms with Crippen LogP contribution in [0.1, 0.15) is 52.7 Å². The summed E-state index contributed by atoms with van der Waals surface area (Å²) in [5.41, 5.74) is 19.4. The fourth-order valence-corrected chi connectivity index (χ4v) is 11.1. The molecule has 84 heavy (non-hydrogen) atoms. The van der Waals surface area contributed by atoms with E-state index in [1.807, 2.05) is 78.9 Å². The maximum atomic E-state index is 11.4. The zero-order valence-corrected chi connectivity index (χ0v) is 51.7. The van der Waals surface area contributed by atoms with Crippen LogP contribution < -0.4 is 0 Å². The van der Waals surface area contributed by atoms with Crippen molar-refractivity contribution in [1.82, 2.24) is 29.1 Å². The number of hydrogen-bond donors (Lipinski definition) is 2. The van der Waals surface area contributed by atoms with E-state index in [9.17, 15) is 10.2 Å². The number of phenolic OH excluding ortho intramolecular Hbond substituents is 2. The Bertz CT molecular complexity index is 4290. The standard InChI is InChI=1S/C74H58N6O2.2Pt/c1-73(2,3)53-37-39-63(59(43-53)47-21-9-7-10-22-47)79-65-33-19-31-55(69(65)77-71(79)57-29-13-15-35-67(57)81)49-25-17-27-51(41-49)61-45-62(76-46-75-61)52-28-18-26-50(42-52)56-32-20-34-66-70(56)78-72(58-30-14-16-36-68(58)82)80(66)64-40-38-54(74(4,5)6)44-60(64)48-23-11-8-12-24-48;;/h7-40,43-46,81-82H,1-6H3;;/q-2;;. The molecule has 0 unspecified atom stereocenters. The van der Waals surface area contributed by atoms with Crippen molar-refractivity contribution in [1.29, 1.82) is 0 Å². The van der Waals surface area contributed by atoms with Crippen molar-refractivity contribution in [3.05, 3.63) is 254 Å². The van der Waals surface area contributed by atoms with Gasteiger partial charge in [0, 0.05) is 64.6 Å². The van der Waals surface area contributed by atoms with Gasteiger partial charge in [0.05, 0.1) is 50.9 Å². The minimum atomic E-state index is -0.0864. The minimum absolute atomic E-state index is 0. The van der Waals surface area contributed by atoms with Crippen LogP contribution in [0.4, 0.5) is 0 Å². The summed E-state index contributed by atoms with van der Waals surface area (Å²) >= 11 is 0. The molecule has 0 aliphatic heterocycles. The van der Waals surface area contributed by atoms with Crippen molar-refractivity contribution in [3.8, 4) is 113 Å². The fraction of sp³-hybridized carbons (Fsp3) is 0.108. The largest absolute Gasteiger partial charge is 0.507 e. The molecule has 3 aromatic heterocycles. The Kier molecular flexibility index (Phi) is 15.7. The molecular formula is C74H58N6O2Pt2-2. The average molecular weight is 1450 g/mol. The second kappa shape index (κ2) is 23.1. The van der Waals surface area contributed by atoms with E-state index in [1.54, 1.807) is 18.5 Å². The molecule has 0 amide bonds. The van der Waals surface area contributed by atoms with E-state index in [-0.39, 0.29) is 64.5 Å². The van der Waals surface area contributed by atoms with Gasteiger partial charge in [0.25, 0.3) is 0 Å². The van der Waals surface area contributed by atoms with Crippen LogP contribution in [-0.2, 0) is 53.0 Å². The number of para-hydroxylation sites is 4. The minimum Gasteiger partial charge on any atom is -0.507 e. The first kappa shape index (κ1) is 57.0. The molecule has 13 rings (SSSR count). The third-order valence-electron chi connectivity index (χ3n) is 15.4. The molecule has 13 aromatic rings. The molecule has 0 atom stereocenters. The van der Waals surface area contributed by atoms with Gasteiger partial charge in [-0.1, -0.05) is 191 Å². The molecule has 0 radical (unpaired) electrons. The van der Waals surface area contributed by atoms with Gasteiger partial charge in [-0.3, -0.25) is 19.1 Å². The van der Waals surface area contributed by atoms with Crippen LogP contribution in [0.2, 0.25) is 0 Å². The van der Waals surface area contributed by atoms with Gasteiger partial charge in [-0.15, -0.1) is 59.7 Å². The van der Waals surface area contributed by atoms with Gasteiger partial charge in [0.2, 0.25) is 0 Å². The molecule has 8 nitrogen and oxygen atoms in total. The number of rotatable bonds is 10. The SMILES string of the molecule is CC(C)(C)c1ccc(-n2c(-c3ccccc3O)nc3c(-c4[c-]c(-c5cc(-c6[c-]c(-c7cccc8c7nc(-c7ccccc7O)n8-c7ccc(C(C)(C)C)cc7-c7ccccc7)ccc6)ncn5)ccc4)cccc32)c(-c2ccccc2)c1.[Pt].[Pt]. The van der Waals surface area contributed by atoms with E-state index < -0.39 is 0 Å². The molecule has 0 bridgehead atoms. The van der Waals surface area contributed by atoms with Gasteiger partial charge in [0.1, 0.15) is 23.1 Å². The Morgan fingerprint density at radius 1 is 0.357 bits per heavy atom. The molecule has 0 spiro atoms. The number of imidazole rings is 2. The first-order valence-electron chi connectivity index (χ1n) is 27.7. The third kappa shape index (κ3) is 10.7. The summed E-state index contributed by atoms with van der Waals surface area (Å²) in [4.78, 5) is 20.5. The van der Waals surface area contributed by atoms with Crippen LogP contribution in [0.5, 0.6) is 11.5 Å². The number of hydrogen-bond acceptors (Lipinski definition) is 6. The average Bonchev–Trinajstić information content (AvgIpc) is 3.11. The molecule has 0 saturated heterocycles.